The minimum Gasteiger partial charge on any atom is -0.355 e. The molecule has 112 valence electrons. The summed E-state index contributed by atoms with van der Waals surface area (Å²) in [5.41, 5.74) is 2.01. The van der Waals surface area contributed by atoms with Crippen molar-refractivity contribution in [2.45, 2.75) is 25.5 Å². The highest BCUT2D eigenvalue weighted by Crippen LogP contribution is 2.33. The number of carbonyl (C=O) groups excluding carboxylic acids is 3. The zero-order valence-electron chi connectivity index (χ0n) is 12.3. The number of aryl methyl sites for hydroxylation is 1. The molecule has 2 amide bonds. The lowest BCUT2D eigenvalue weighted by atomic mass is 10.1. The Morgan fingerprint density at radius 1 is 1.38 bits per heavy atom. The number of nitrogens with zero attached hydrogens (tertiary/aromatic N) is 1. The maximum absolute atomic E-state index is 12.3. The van der Waals surface area contributed by atoms with Crippen LogP contribution >= 0.6 is 11.8 Å². The molecule has 1 saturated heterocycles. The Balaban J connectivity index is 2.36. The average Bonchev–Trinajstić information content (AvgIpc) is 2.77. The van der Waals surface area contributed by atoms with E-state index in [2.05, 4.69) is 5.32 Å². The van der Waals surface area contributed by atoms with Crippen molar-refractivity contribution in [2.24, 2.45) is 0 Å². The highest BCUT2D eigenvalue weighted by Gasteiger charge is 2.34. The molecule has 0 aromatic heterocycles. The van der Waals surface area contributed by atoms with E-state index in [1.807, 2.05) is 13.0 Å². The summed E-state index contributed by atoms with van der Waals surface area (Å²) in [4.78, 5) is 37.1. The average molecular weight is 306 g/mol. The zero-order chi connectivity index (χ0) is 15.6. The first-order chi connectivity index (χ1) is 9.93. The van der Waals surface area contributed by atoms with E-state index in [0.29, 0.717) is 24.2 Å². The van der Waals surface area contributed by atoms with Gasteiger partial charge in [-0.2, -0.15) is 0 Å². The number of thioether (sulfide) groups is 1. The molecule has 1 unspecified atom stereocenters. The topological polar surface area (TPSA) is 66.5 Å². The Morgan fingerprint density at radius 2 is 2.10 bits per heavy atom. The molecule has 1 aromatic carbocycles. The van der Waals surface area contributed by atoms with Crippen molar-refractivity contribution in [3.8, 4) is 0 Å². The minimum absolute atomic E-state index is 0.00552. The lowest BCUT2D eigenvalue weighted by Crippen LogP contribution is -2.30. The van der Waals surface area contributed by atoms with Crippen molar-refractivity contribution in [1.29, 1.82) is 0 Å². The molecule has 1 aliphatic rings. The second-order valence-electron chi connectivity index (χ2n) is 4.99. The number of benzene rings is 1. The van der Waals surface area contributed by atoms with Gasteiger partial charge in [-0.1, -0.05) is 23.9 Å². The Morgan fingerprint density at radius 3 is 2.71 bits per heavy atom. The molecule has 6 heteroatoms. The van der Waals surface area contributed by atoms with Gasteiger partial charge in [0.15, 0.2) is 5.12 Å². The fourth-order valence-corrected chi connectivity index (χ4v) is 3.46. The van der Waals surface area contributed by atoms with Gasteiger partial charge in [-0.15, -0.1) is 0 Å². The Labute approximate surface area is 128 Å². The summed E-state index contributed by atoms with van der Waals surface area (Å²) < 4.78 is 0. The quantitative estimate of drug-likeness (QED) is 0.924. The van der Waals surface area contributed by atoms with Gasteiger partial charge in [0.05, 0.1) is 11.3 Å². The van der Waals surface area contributed by atoms with Gasteiger partial charge in [0.2, 0.25) is 5.91 Å². The Hall–Kier alpha value is -1.82. The van der Waals surface area contributed by atoms with Crippen LogP contribution in [0.3, 0.4) is 0 Å². The molecule has 1 aliphatic heterocycles. The molecular weight excluding hydrogens is 288 g/mol. The first-order valence-electron chi connectivity index (χ1n) is 6.73. The predicted molar refractivity (Wildman–Crippen MR) is 83.6 cm³/mol. The molecular formula is C15H18N2O3S. The fraction of sp³-hybridized carbons (Fsp3) is 0.400. The van der Waals surface area contributed by atoms with Gasteiger partial charge >= 0.3 is 0 Å². The van der Waals surface area contributed by atoms with Gasteiger partial charge in [-0.05, 0) is 18.6 Å². The van der Waals surface area contributed by atoms with Crippen molar-refractivity contribution in [3.05, 3.63) is 29.3 Å². The minimum atomic E-state index is -0.218. The van der Waals surface area contributed by atoms with Gasteiger partial charge in [-0.25, -0.2) is 0 Å². The van der Waals surface area contributed by atoms with E-state index in [4.69, 9.17) is 0 Å². The van der Waals surface area contributed by atoms with Crippen LogP contribution in [0.2, 0.25) is 0 Å². The standard InChI is InChI=1S/C15H18N2O3S/c1-9-5-4-6-12(15(20)16-3)14(9)17-8-11(7-13(17)19)21-10(2)18/h4-6,11H,7-8H2,1-3H3,(H,16,20). The SMILES string of the molecule is CNC(=O)c1cccc(C)c1N1CC(SC(C)=O)CC1=O. The van der Waals surface area contributed by atoms with Crippen LogP contribution in [-0.4, -0.2) is 35.8 Å². The maximum atomic E-state index is 12.3. The Kier molecular flexibility index (Phi) is 4.67. The lowest BCUT2D eigenvalue weighted by Gasteiger charge is -2.22. The van der Waals surface area contributed by atoms with Crippen LogP contribution in [-0.2, 0) is 9.59 Å². The van der Waals surface area contributed by atoms with E-state index in [1.54, 1.807) is 24.1 Å². The lowest BCUT2D eigenvalue weighted by molar-refractivity contribution is -0.117. The molecule has 0 aliphatic carbocycles. The zero-order valence-corrected chi connectivity index (χ0v) is 13.1. The molecule has 0 spiro atoms. The van der Waals surface area contributed by atoms with Gasteiger partial charge in [-0.3, -0.25) is 14.4 Å². The summed E-state index contributed by atoms with van der Waals surface area (Å²) >= 11 is 1.19. The normalized spacial score (nSPS) is 18.0. The van der Waals surface area contributed by atoms with Crippen LogP contribution in [0.15, 0.2) is 18.2 Å². The van der Waals surface area contributed by atoms with Gasteiger partial charge in [0.1, 0.15) is 0 Å². The molecule has 0 radical (unpaired) electrons. The van der Waals surface area contributed by atoms with Gasteiger partial charge in [0, 0.05) is 32.2 Å². The number of nitrogens with one attached hydrogen (secondary N) is 1. The predicted octanol–water partition coefficient (Wildman–Crippen LogP) is 1.74. The van der Waals surface area contributed by atoms with E-state index >= 15 is 0 Å². The monoisotopic (exact) mass is 306 g/mol. The molecule has 1 atom stereocenters. The molecule has 5 nitrogen and oxygen atoms in total. The molecule has 21 heavy (non-hydrogen) atoms. The number of hydrogen-bond acceptors (Lipinski definition) is 4. The van der Waals surface area contributed by atoms with Crippen LogP contribution in [0, 0.1) is 6.92 Å². The highest BCUT2D eigenvalue weighted by atomic mass is 32.2. The second kappa shape index (κ2) is 6.30. The third-order valence-corrected chi connectivity index (χ3v) is 4.38. The summed E-state index contributed by atoms with van der Waals surface area (Å²) in [6.45, 7) is 3.83. The molecule has 2 rings (SSSR count). The third kappa shape index (κ3) is 3.26. The number of anilines is 1. The largest absolute Gasteiger partial charge is 0.355 e. The first-order valence-corrected chi connectivity index (χ1v) is 7.61. The van der Waals surface area contributed by atoms with E-state index in [9.17, 15) is 14.4 Å². The van der Waals surface area contributed by atoms with Crippen molar-refractivity contribution >= 4 is 34.4 Å². The second-order valence-corrected chi connectivity index (χ2v) is 6.47. The van der Waals surface area contributed by atoms with E-state index < -0.39 is 0 Å². The summed E-state index contributed by atoms with van der Waals surface area (Å²) in [6.07, 6.45) is 0.325. The van der Waals surface area contributed by atoms with E-state index in [-0.39, 0.29) is 22.2 Å². The van der Waals surface area contributed by atoms with Crippen LogP contribution in [0.25, 0.3) is 0 Å². The fourth-order valence-electron chi connectivity index (χ4n) is 2.54. The number of carbonyl (C=O) groups is 3. The summed E-state index contributed by atoms with van der Waals surface area (Å²) in [7, 11) is 1.56. The van der Waals surface area contributed by atoms with Crippen molar-refractivity contribution in [1.82, 2.24) is 5.32 Å². The van der Waals surface area contributed by atoms with Crippen molar-refractivity contribution in [2.75, 3.05) is 18.5 Å². The summed E-state index contributed by atoms with van der Waals surface area (Å²) in [6, 6.07) is 5.38. The van der Waals surface area contributed by atoms with Gasteiger partial charge < -0.3 is 10.2 Å². The number of amides is 2. The molecule has 1 heterocycles. The van der Waals surface area contributed by atoms with E-state index in [1.165, 1.54) is 18.7 Å². The summed E-state index contributed by atoms with van der Waals surface area (Å²) in [5, 5.41) is 2.55. The van der Waals surface area contributed by atoms with Crippen LogP contribution in [0.4, 0.5) is 5.69 Å². The number of rotatable bonds is 3. The smallest absolute Gasteiger partial charge is 0.253 e. The first kappa shape index (κ1) is 15.6. The maximum Gasteiger partial charge on any atom is 0.253 e. The van der Waals surface area contributed by atoms with Crippen molar-refractivity contribution in [3.63, 3.8) is 0 Å². The van der Waals surface area contributed by atoms with Crippen LogP contribution < -0.4 is 10.2 Å². The van der Waals surface area contributed by atoms with Crippen LogP contribution in [0.5, 0.6) is 0 Å². The molecule has 1 fully saturated rings. The van der Waals surface area contributed by atoms with Crippen LogP contribution in [0.1, 0.15) is 29.3 Å². The molecule has 0 saturated carbocycles. The molecule has 0 bridgehead atoms. The molecule has 1 aromatic rings. The number of hydrogen-bond donors (Lipinski definition) is 1. The van der Waals surface area contributed by atoms with Crippen molar-refractivity contribution < 1.29 is 14.4 Å². The third-order valence-electron chi connectivity index (χ3n) is 3.40. The summed E-state index contributed by atoms with van der Waals surface area (Å²) in [5.74, 6) is -0.266. The Bertz CT molecular complexity index is 601. The molecule has 1 N–H and O–H groups in total. The van der Waals surface area contributed by atoms with Gasteiger partial charge in [0.25, 0.3) is 5.91 Å². The number of para-hydroxylation sites is 1. The van der Waals surface area contributed by atoms with E-state index in [0.717, 1.165) is 5.56 Å². The highest BCUT2D eigenvalue weighted by molar-refractivity contribution is 8.14.